The lowest BCUT2D eigenvalue weighted by Crippen LogP contribution is -2.53. The van der Waals surface area contributed by atoms with Crippen LogP contribution >= 0.6 is 0 Å². The first kappa shape index (κ1) is 22.0. The van der Waals surface area contributed by atoms with Gasteiger partial charge in [0.15, 0.2) is 28.6 Å². The zero-order chi connectivity index (χ0) is 23.0. The third-order valence-corrected chi connectivity index (χ3v) is 5.79. The number of imidazole rings is 1. The molecule has 1 unspecified atom stereocenters. The third kappa shape index (κ3) is 3.88. The van der Waals surface area contributed by atoms with Crippen LogP contribution in [0.2, 0.25) is 0 Å². The molecule has 4 atom stereocenters. The van der Waals surface area contributed by atoms with Gasteiger partial charge in [0.1, 0.15) is 30.3 Å². The van der Waals surface area contributed by atoms with E-state index in [-0.39, 0.29) is 24.6 Å². The van der Waals surface area contributed by atoms with Gasteiger partial charge in [0.05, 0.1) is 12.9 Å². The smallest absolute Gasteiger partial charge is 0.167 e. The molecule has 1 aliphatic rings. The van der Waals surface area contributed by atoms with Crippen molar-refractivity contribution in [3.05, 3.63) is 48.0 Å². The summed E-state index contributed by atoms with van der Waals surface area (Å²) in [7, 11) is 0. The SMILES string of the molecule is CC(=O)C(OCc1ccc(C)cc1)[C@H]1O[C@@H](n2cnc3c(N)ncnc32)C[C@@]1(O)C(C)=O. The molecule has 1 aliphatic heterocycles. The number of carbonyl (C=O) groups excluding carboxylic acids is 2. The number of carbonyl (C=O) groups is 2. The molecule has 0 bridgehead atoms. The number of benzene rings is 1. The minimum absolute atomic E-state index is 0.0972. The fourth-order valence-electron chi connectivity index (χ4n) is 3.91. The number of ether oxygens (including phenoxy) is 2. The predicted octanol–water partition coefficient (Wildman–Crippen LogP) is 1.50. The van der Waals surface area contributed by atoms with Gasteiger partial charge in [-0.1, -0.05) is 29.8 Å². The molecule has 3 heterocycles. The number of anilines is 1. The summed E-state index contributed by atoms with van der Waals surface area (Å²) in [6, 6.07) is 7.66. The Morgan fingerprint density at radius 1 is 1.28 bits per heavy atom. The van der Waals surface area contributed by atoms with Crippen molar-refractivity contribution in [2.24, 2.45) is 0 Å². The van der Waals surface area contributed by atoms with E-state index >= 15 is 0 Å². The fourth-order valence-corrected chi connectivity index (χ4v) is 3.91. The number of Topliss-reactive ketones (excluding diaryl/α,β-unsaturated/α-hetero) is 2. The van der Waals surface area contributed by atoms with Gasteiger partial charge in [-0.15, -0.1) is 0 Å². The molecular formula is C22H25N5O5. The number of aryl methyl sites for hydroxylation is 1. The number of fused-ring (bicyclic) bond motifs is 1. The van der Waals surface area contributed by atoms with Crippen LogP contribution in [0.25, 0.3) is 11.2 Å². The average molecular weight is 439 g/mol. The lowest BCUT2D eigenvalue weighted by molar-refractivity contribution is -0.166. The number of rotatable bonds is 7. The van der Waals surface area contributed by atoms with E-state index in [0.717, 1.165) is 11.1 Å². The van der Waals surface area contributed by atoms with Crippen molar-refractivity contribution in [1.29, 1.82) is 0 Å². The number of nitrogens with two attached hydrogens (primary N) is 1. The average Bonchev–Trinajstić information content (AvgIpc) is 3.32. The van der Waals surface area contributed by atoms with Crippen LogP contribution in [0.1, 0.15) is 37.6 Å². The fraction of sp³-hybridized carbons (Fsp3) is 0.409. The van der Waals surface area contributed by atoms with Crippen LogP contribution in [0.15, 0.2) is 36.9 Å². The first-order valence-corrected chi connectivity index (χ1v) is 10.2. The van der Waals surface area contributed by atoms with Crippen molar-refractivity contribution in [3.63, 3.8) is 0 Å². The van der Waals surface area contributed by atoms with E-state index in [4.69, 9.17) is 15.2 Å². The molecule has 0 radical (unpaired) electrons. The molecule has 3 aromatic rings. The first-order chi connectivity index (χ1) is 15.2. The van der Waals surface area contributed by atoms with E-state index in [0.29, 0.717) is 11.2 Å². The summed E-state index contributed by atoms with van der Waals surface area (Å²) < 4.78 is 13.5. The number of nitrogens with zero attached hydrogens (tertiary/aromatic N) is 4. The highest BCUT2D eigenvalue weighted by atomic mass is 16.6. The highest BCUT2D eigenvalue weighted by molar-refractivity contribution is 5.89. The van der Waals surface area contributed by atoms with Gasteiger partial charge in [-0.3, -0.25) is 14.2 Å². The summed E-state index contributed by atoms with van der Waals surface area (Å²) >= 11 is 0. The van der Waals surface area contributed by atoms with Gasteiger partial charge in [0, 0.05) is 6.42 Å². The number of ketones is 2. The molecule has 4 rings (SSSR count). The molecule has 1 saturated heterocycles. The Kier molecular flexibility index (Phi) is 5.76. The van der Waals surface area contributed by atoms with Crippen molar-refractivity contribution >= 4 is 28.5 Å². The predicted molar refractivity (Wildman–Crippen MR) is 114 cm³/mol. The van der Waals surface area contributed by atoms with Gasteiger partial charge in [0.25, 0.3) is 0 Å². The van der Waals surface area contributed by atoms with Crippen molar-refractivity contribution < 1.29 is 24.2 Å². The molecule has 0 amide bonds. The van der Waals surface area contributed by atoms with Crippen LogP contribution in [0.4, 0.5) is 5.82 Å². The summed E-state index contributed by atoms with van der Waals surface area (Å²) in [5.74, 6) is -0.675. The quantitative estimate of drug-likeness (QED) is 0.560. The third-order valence-electron chi connectivity index (χ3n) is 5.79. The zero-order valence-electron chi connectivity index (χ0n) is 18.1. The summed E-state index contributed by atoms with van der Waals surface area (Å²) in [6.07, 6.45) is -0.505. The Morgan fingerprint density at radius 2 is 2.00 bits per heavy atom. The standard InChI is InChI=1S/C22H25N5O5/c1-12-4-6-15(7-5-12)9-31-18(13(2)28)19-22(30,14(3)29)8-16(32-19)27-11-26-17-20(23)24-10-25-21(17)27/h4-7,10-11,16,18-19,30H,8-9H2,1-3H3,(H2,23,24,25)/t16-,18?,19-,22-/m1/s1. The van der Waals surface area contributed by atoms with Gasteiger partial charge in [-0.05, 0) is 26.3 Å². The minimum atomic E-state index is -1.93. The van der Waals surface area contributed by atoms with Crippen molar-refractivity contribution in [1.82, 2.24) is 19.5 Å². The maximum absolute atomic E-state index is 12.5. The Balaban J connectivity index is 1.63. The molecule has 168 valence electrons. The Hall–Kier alpha value is -3.21. The second kappa shape index (κ2) is 8.38. The lowest BCUT2D eigenvalue weighted by Gasteiger charge is -2.30. The second-order valence-corrected chi connectivity index (χ2v) is 8.11. The van der Waals surface area contributed by atoms with Crippen LogP contribution in [0, 0.1) is 6.92 Å². The largest absolute Gasteiger partial charge is 0.382 e. The molecule has 1 fully saturated rings. The summed E-state index contributed by atoms with van der Waals surface area (Å²) in [5, 5.41) is 11.3. The minimum Gasteiger partial charge on any atom is -0.382 e. The van der Waals surface area contributed by atoms with E-state index in [1.54, 1.807) is 4.57 Å². The van der Waals surface area contributed by atoms with Gasteiger partial charge in [0.2, 0.25) is 0 Å². The zero-order valence-corrected chi connectivity index (χ0v) is 18.1. The molecular weight excluding hydrogens is 414 g/mol. The highest BCUT2D eigenvalue weighted by Gasteiger charge is 2.56. The highest BCUT2D eigenvalue weighted by Crippen LogP contribution is 2.41. The molecule has 0 aliphatic carbocycles. The van der Waals surface area contributed by atoms with Crippen LogP contribution in [0.5, 0.6) is 0 Å². The monoisotopic (exact) mass is 439 g/mol. The number of aliphatic hydroxyl groups is 1. The van der Waals surface area contributed by atoms with E-state index in [1.807, 2.05) is 31.2 Å². The van der Waals surface area contributed by atoms with Gasteiger partial charge < -0.3 is 20.3 Å². The van der Waals surface area contributed by atoms with Crippen molar-refractivity contribution in [2.45, 2.75) is 57.8 Å². The van der Waals surface area contributed by atoms with Crippen molar-refractivity contribution in [2.75, 3.05) is 5.73 Å². The molecule has 3 N–H and O–H groups in total. The Morgan fingerprint density at radius 3 is 2.66 bits per heavy atom. The van der Waals surface area contributed by atoms with Gasteiger partial charge in [-0.25, -0.2) is 15.0 Å². The number of hydrogen-bond donors (Lipinski definition) is 2. The first-order valence-electron chi connectivity index (χ1n) is 10.2. The topological polar surface area (TPSA) is 142 Å². The lowest BCUT2D eigenvalue weighted by atomic mass is 9.86. The van der Waals surface area contributed by atoms with Gasteiger partial charge in [-0.2, -0.15) is 0 Å². The van der Waals surface area contributed by atoms with Crippen LogP contribution in [0.3, 0.4) is 0 Å². The van der Waals surface area contributed by atoms with Crippen LogP contribution < -0.4 is 5.73 Å². The van der Waals surface area contributed by atoms with Gasteiger partial charge >= 0.3 is 0 Å². The second-order valence-electron chi connectivity index (χ2n) is 8.11. The molecule has 10 heteroatoms. The van der Waals surface area contributed by atoms with Crippen LogP contribution in [-0.2, 0) is 25.7 Å². The molecule has 2 aromatic heterocycles. The van der Waals surface area contributed by atoms with E-state index < -0.39 is 29.8 Å². The Bertz CT molecular complexity index is 1160. The maximum Gasteiger partial charge on any atom is 0.167 e. The Labute approximate surface area is 184 Å². The van der Waals surface area contributed by atoms with E-state index in [1.165, 1.54) is 26.5 Å². The van der Waals surface area contributed by atoms with Crippen molar-refractivity contribution in [3.8, 4) is 0 Å². The van der Waals surface area contributed by atoms with E-state index in [9.17, 15) is 14.7 Å². The number of hydrogen-bond acceptors (Lipinski definition) is 9. The normalized spacial score (nSPS) is 24.0. The molecule has 32 heavy (non-hydrogen) atoms. The molecule has 1 aromatic carbocycles. The maximum atomic E-state index is 12.5. The summed E-state index contributed by atoms with van der Waals surface area (Å²) in [4.78, 5) is 37.3. The summed E-state index contributed by atoms with van der Waals surface area (Å²) in [5.41, 5.74) is 6.66. The molecule has 0 saturated carbocycles. The molecule has 0 spiro atoms. The van der Waals surface area contributed by atoms with Crippen LogP contribution in [-0.4, -0.2) is 54.0 Å². The molecule has 10 nitrogen and oxygen atoms in total. The van der Waals surface area contributed by atoms with E-state index in [2.05, 4.69) is 15.0 Å². The number of nitrogen functional groups attached to an aromatic ring is 1. The number of aromatic nitrogens is 4. The summed E-state index contributed by atoms with van der Waals surface area (Å²) in [6.45, 7) is 4.71.